The van der Waals surface area contributed by atoms with E-state index in [4.69, 9.17) is 0 Å². The Morgan fingerprint density at radius 3 is 1.21 bits per heavy atom. The Balaban J connectivity index is 3.72. The highest BCUT2D eigenvalue weighted by molar-refractivity contribution is 5.69. The molecule has 0 radical (unpaired) electrons. The maximum atomic E-state index is 11.6. The molecule has 0 spiro atoms. The monoisotopic (exact) mass is 524 g/mol. The van der Waals surface area contributed by atoms with Gasteiger partial charge in [0.2, 0.25) is 0 Å². The van der Waals surface area contributed by atoms with Crippen LogP contribution in [0.3, 0.4) is 0 Å². The summed E-state index contributed by atoms with van der Waals surface area (Å²) in [6, 6.07) is 0. The van der Waals surface area contributed by atoms with Crippen molar-refractivity contribution in [2.45, 2.75) is 142 Å². The lowest BCUT2D eigenvalue weighted by atomic mass is 9.95. The molecule has 0 aromatic heterocycles. The third-order valence-corrected chi connectivity index (χ3v) is 6.73. The molecule has 0 rings (SSSR count). The minimum atomic E-state index is -0.623. The van der Waals surface area contributed by atoms with E-state index in [1.807, 2.05) is 0 Å². The lowest BCUT2D eigenvalue weighted by Gasteiger charge is -2.11. The Morgan fingerprint density at radius 2 is 0.816 bits per heavy atom. The highest BCUT2D eigenvalue weighted by Gasteiger charge is 2.15. The van der Waals surface area contributed by atoms with Gasteiger partial charge in [0.05, 0.1) is 5.92 Å². The Hall–Kier alpha value is -2.09. The van der Waals surface area contributed by atoms with Gasteiger partial charge < -0.3 is 5.11 Å². The first-order valence-corrected chi connectivity index (χ1v) is 15.8. The molecular formula is C36H60O2. The van der Waals surface area contributed by atoms with Gasteiger partial charge in [0.25, 0.3) is 0 Å². The van der Waals surface area contributed by atoms with Crippen molar-refractivity contribution in [2.24, 2.45) is 5.92 Å². The number of hydrogen-bond acceptors (Lipinski definition) is 1. The molecule has 2 nitrogen and oxygen atoms in total. The van der Waals surface area contributed by atoms with Crippen molar-refractivity contribution in [3.63, 3.8) is 0 Å². The van der Waals surface area contributed by atoms with E-state index in [-0.39, 0.29) is 5.92 Å². The Kier molecular flexibility index (Phi) is 29.4. The zero-order valence-electron chi connectivity index (χ0n) is 25.0. The minimum Gasteiger partial charge on any atom is -0.481 e. The lowest BCUT2D eigenvalue weighted by Crippen LogP contribution is -2.13. The number of carboxylic acids is 1. The average Bonchev–Trinajstić information content (AvgIpc) is 2.91. The van der Waals surface area contributed by atoms with E-state index in [0.29, 0.717) is 0 Å². The second-order valence-corrected chi connectivity index (χ2v) is 10.4. The van der Waals surface area contributed by atoms with Crippen LogP contribution in [0.5, 0.6) is 0 Å². The molecule has 0 amide bonds. The molecule has 0 saturated heterocycles. The molecule has 0 aliphatic rings. The summed E-state index contributed by atoms with van der Waals surface area (Å²) in [5, 5.41) is 9.55. The minimum absolute atomic E-state index is 0.186. The number of carbonyl (C=O) groups is 1. The fourth-order valence-corrected chi connectivity index (χ4v) is 4.28. The van der Waals surface area contributed by atoms with Crippen LogP contribution in [0.2, 0.25) is 0 Å². The van der Waals surface area contributed by atoms with Crippen molar-refractivity contribution in [2.75, 3.05) is 0 Å². The van der Waals surface area contributed by atoms with Crippen LogP contribution in [-0.4, -0.2) is 11.1 Å². The number of carboxylic acid groups (broad SMARTS) is 1. The van der Waals surface area contributed by atoms with E-state index in [1.165, 1.54) is 51.4 Å². The fraction of sp³-hybridized carbons (Fsp3) is 0.639. The van der Waals surface area contributed by atoms with Crippen molar-refractivity contribution in [1.29, 1.82) is 0 Å². The van der Waals surface area contributed by atoms with Crippen molar-refractivity contribution in [1.82, 2.24) is 0 Å². The summed E-state index contributed by atoms with van der Waals surface area (Å²) in [6.45, 7) is 4.48. The largest absolute Gasteiger partial charge is 0.481 e. The second-order valence-electron chi connectivity index (χ2n) is 10.4. The van der Waals surface area contributed by atoms with Crippen LogP contribution in [0, 0.1) is 5.92 Å². The summed E-state index contributed by atoms with van der Waals surface area (Å²) in [5.74, 6) is -0.809. The smallest absolute Gasteiger partial charge is 0.306 e. The van der Waals surface area contributed by atoms with Gasteiger partial charge >= 0.3 is 5.97 Å². The van der Waals surface area contributed by atoms with Gasteiger partial charge in [-0.05, 0) is 89.9 Å². The van der Waals surface area contributed by atoms with E-state index < -0.39 is 5.97 Å². The van der Waals surface area contributed by atoms with Crippen LogP contribution in [0.1, 0.15) is 142 Å². The van der Waals surface area contributed by atoms with Crippen LogP contribution in [-0.2, 0) is 4.79 Å². The fourth-order valence-electron chi connectivity index (χ4n) is 4.28. The molecule has 38 heavy (non-hydrogen) atoms. The standard InChI is InChI=1S/C36H60O2/c1-3-5-7-9-11-13-15-17-19-20-22-24-26-28-30-32-34-35(36(37)38)33-31-29-27-25-23-21-18-16-14-12-10-8-6-4-2/h11-14,17-19,21-22,24-25,27,35H,3-10,15-16,20,23,26,28-34H2,1-2H3,(H,37,38)/b13-11-,14-12-,19-17-,21-18-,24-22-,27-25-. The van der Waals surface area contributed by atoms with Crippen molar-refractivity contribution >= 4 is 5.97 Å². The molecule has 1 N–H and O–H groups in total. The second kappa shape index (κ2) is 31.1. The maximum Gasteiger partial charge on any atom is 0.306 e. The predicted molar refractivity (Wildman–Crippen MR) is 170 cm³/mol. The van der Waals surface area contributed by atoms with Crippen LogP contribution >= 0.6 is 0 Å². The van der Waals surface area contributed by atoms with Crippen molar-refractivity contribution < 1.29 is 9.90 Å². The first kappa shape index (κ1) is 35.9. The third kappa shape index (κ3) is 28.5. The quantitative estimate of drug-likeness (QED) is 0.0856. The molecule has 0 bridgehead atoms. The number of allylic oxidation sites excluding steroid dienone is 12. The van der Waals surface area contributed by atoms with Crippen LogP contribution in [0.4, 0.5) is 0 Å². The number of rotatable bonds is 27. The third-order valence-electron chi connectivity index (χ3n) is 6.73. The summed E-state index contributed by atoms with van der Waals surface area (Å²) in [6.07, 6.45) is 49.2. The Bertz CT molecular complexity index is 677. The van der Waals surface area contributed by atoms with Gasteiger partial charge in [0, 0.05) is 0 Å². The molecular weight excluding hydrogens is 464 g/mol. The predicted octanol–water partition coefficient (Wildman–Crippen LogP) is 11.9. The molecule has 1 atom stereocenters. The number of aliphatic carboxylic acids is 1. The van der Waals surface area contributed by atoms with Gasteiger partial charge in [-0.15, -0.1) is 0 Å². The van der Waals surface area contributed by atoms with Gasteiger partial charge in [-0.3, -0.25) is 4.79 Å². The Morgan fingerprint density at radius 1 is 0.474 bits per heavy atom. The molecule has 0 aliphatic heterocycles. The zero-order valence-corrected chi connectivity index (χ0v) is 25.0. The van der Waals surface area contributed by atoms with Gasteiger partial charge in [-0.1, -0.05) is 125 Å². The molecule has 216 valence electrons. The molecule has 0 saturated carbocycles. The Labute approximate surface area is 236 Å². The van der Waals surface area contributed by atoms with E-state index in [0.717, 1.165) is 77.0 Å². The van der Waals surface area contributed by atoms with E-state index >= 15 is 0 Å². The van der Waals surface area contributed by atoms with Crippen LogP contribution in [0.25, 0.3) is 0 Å². The van der Waals surface area contributed by atoms with Crippen LogP contribution < -0.4 is 0 Å². The summed E-state index contributed by atoms with van der Waals surface area (Å²) in [5.41, 5.74) is 0. The number of unbranched alkanes of at least 4 members (excludes halogenated alkanes) is 10. The summed E-state index contributed by atoms with van der Waals surface area (Å²) in [7, 11) is 0. The van der Waals surface area contributed by atoms with Gasteiger partial charge in [0.15, 0.2) is 0 Å². The van der Waals surface area contributed by atoms with Gasteiger partial charge in [-0.2, -0.15) is 0 Å². The molecule has 0 aromatic rings. The van der Waals surface area contributed by atoms with Crippen molar-refractivity contribution in [3.8, 4) is 0 Å². The van der Waals surface area contributed by atoms with E-state index in [2.05, 4.69) is 86.8 Å². The molecule has 0 aromatic carbocycles. The molecule has 0 aliphatic carbocycles. The van der Waals surface area contributed by atoms with Crippen LogP contribution in [0.15, 0.2) is 72.9 Å². The highest BCUT2D eigenvalue weighted by atomic mass is 16.4. The molecule has 0 fully saturated rings. The summed E-state index contributed by atoms with van der Waals surface area (Å²) < 4.78 is 0. The van der Waals surface area contributed by atoms with Gasteiger partial charge in [-0.25, -0.2) is 0 Å². The van der Waals surface area contributed by atoms with E-state index in [1.54, 1.807) is 0 Å². The maximum absolute atomic E-state index is 11.6. The number of hydrogen-bond donors (Lipinski definition) is 1. The first-order valence-electron chi connectivity index (χ1n) is 15.8. The lowest BCUT2D eigenvalue weighted by molar-refractivity contribution is -0.142. The molecule has 0 heterocycles. The zero-order chi connectivity index (χ0) is 27.8. The highest BCUT2D eigenvalue weighted by Crippen LogP contribution is 2.18. The summed E-state index contributed by atoms with van der Waals surface area (Å²) >= 11 is 0. The van der Waals surface area contributed by atoms with E-state index in [9.17, 15) is 9.90 Å². The topological polar surface area (TPSA) is 37.3 Å². The van der Waals surface area contributed by atoms with Crippen molar-refractivity contribution in [3.05, 3.63) is 72.9 Å². The average molecular weight is 525 g/mol. The molecule has 2 heteroatoms. The SMILES string of the molecule is CCCCC/C=C\C/C=C\C/C=C\CCCCCC(CCC/C=C\C/C=C\C/C=C\CCCCC)C(=O)O. The summed E-state index contributed by atoms with van der Waals surface area (Å²) in [4.78, 5) is 11.6. The molecule has 1 unspecified atom stereocenters. The first-order chi connectivity index (χ1) is 18.7. The van der Waals surface area contributed by atoms with Gasteiger partial charge in [0.1, 0.15) is 0 Å². The normalized spacial score (nSPS) is 13.5.